The van der Waals surface area contributed by atoms with Crippen LogP contribution in [-0.2, 0) is 11.2 Å². The first kappa shape index (κ1) is 15.0. The lowest BCUT2D eigenvalue weighted by Gasteiger charge is -2.17. The van der Waals surface area contributed by atoms with Crippen molar-refractivity contribution in [1.82, 2.24) is 5.32 Å². The highest BCUT2D eigenvalue weighted by molar-refractivity contribution is 5.81. The van der Waals surface area contributed by atoms with Gasteiger partial charge >= 0.3 is 0 Å². The van der Waals surface area contributed by atoms with E-state index in [1.807, 2.05) is 6.07 Å². The molecule has 6 heteroatoms. The Morgan fingerprint density at radius 1 is 1.52 bits per heavy atom. The van der Waals surface area contributed by atoms with Gasteiger partial charge in [-0.05, 0) is 31.5 Å². The van der Waals surface area contributed by atoms with Crippen LogP contribution in [0.2, 0.25) is 0 Å². The number of benzene rings is 1. The van der Waals surface area contributed by atoms with Crippen LogP contribution in [0.5, 0.6) is 17.2 Å². The molecule has 1 aromatic rings. The number of nitrogens with one attached hydrogen (secondary N) is 1. The number of terminal acetylenes is 1. The molecule has 1 unspecified atom stereocenters. The average Bonchev–Trinajstić information content (AvgIpc) is 2.92. The summed E-state index contributed by atoms with van der Waals surface area (Å²) in [7, 11) is 0. The van der Waals surface area contributed by atoms with E-state index < -0.39 is 6.10 Å². The Bertz CT molecular complexity index is 566. The Morgan fingerprint density at radius 2 is 2.24 bits per heavy atom. The summed E-state index contributed by atoms with van der Waals surface area (Å²) in [6.45, 7) is 2.47. The van der Waals surface area contributed by atoms with Gasteiger partial charge in [-0.25, -0.2) is 0 Å². The van der Waals surface area contributed by atoms with Crippen molar-refractivity contribution in [1.29, 1.82) is 0 Å². The molecule has 1 aliphatic rings. The minimum atomic E-state index is -0.671. The lowest BCUT2D eigenvalue weighted by molar-refractivity contribution is -0.127. The second-order valence-corrected chi connectivity index (χ2v) is 4.53. The van der Waals surface area contributed by atoms with Gasteiger partial charge in [-0.3, -0.25) is 4.79 Å². The number of amides is 1. The van der Waals surface area contributed by atoms with Crippen molar-refractivity contribution in [3.8, 4) is 29.6 Å². The number of hydrogen-bond acceptors (Lipinski definition) is 5. The minimum Gasteiger partial charge on any atom is -0.480 e. The second kappa shape index (κ2) is 6.86. The summed E-state index contributed by atoms with van der Waals surface area (Å²) in [5.41, 5.74) is 6.48. The zero-order valence-corrected chi connectivity index (χ0v) is 11.8. The summed E-state index contributed by atoms with van der Waals surface area (Å²) in [6.07, 6.45) is 5.05. The Kier molecular flexibility index (Phi) is 4.90. The molecule has 0 fully saturated rings. The van der Waals surface area contributed by atoms with Crippen LogP contribution in [0.4, 0.5) is 0 Å². The number of fused-ring (bicyclic) bond motifs is 1. The Hall–Kier alpha value is -2.39. The van der Waals surface area contributed by atoms with E-state index in [-0.39, 0.29) is 19.2 Å². The Labute approximate surface area is 123 Å². The van der Waals surface area contributed by atoms with Crippen LogP contribution in [0.1, 0.15) is 12.5 Å². The zero-order chi connectivity index (χ0) is 15.2. The largest absolute Gasteiger partial charge is 0.480 e. The molecule has 0 radical (unpaired) electrons. The molecule has 0 saturated carbocycles. The van der Waals surface area contributed by atoms with E-state index in [0.717, 1.165) is 5.56 Å². The van der Waals surface area contributed by atoms with Gasteiger partial charge < -0.3 is 25.3 Å². The highest BCUT2D eigenvalue weighted by Crippen LogP contribution is 2.38. The third kappa shape index (κ3) is 3.58. The number of carbonyl (C=O) groups excluding carboxylic acids is 1. The van der Waals surface area contributed by atoms with Gasteiger partial charge in [0.25, 0.3) is 5.91 Å². The summed E-state index contributed by atoms with van der Waals surface area (Å²) in [5, 5.41) is 2.58. The van der Waals surface area contributed by atoms with Crippen molar-refractivity contribution in [2.24, 2.45) is 5.73 Å². The normalized spacial score (nSPS) is 13.4. The predicted molar refractivity (Wildman–Crippen MR) is 77.3 cm³/mol. The standard InChI is InChI=1S/C15H18N2O4/c1-3-6-17-15(18)10(2)21-12-8-14-13(19-9-20-14)7-11(12)4-5-16/h1,7-8,10H,4-6,9,16H2,2H3,(H,17,18). The minimum absolute atomic E-state index is 0.170. The molecule has 3 N–H and O–H groups in total. The molecule has 0 aliphatic carbocycles. The first-order valence-electron chi connectivity index (χ1n) is 6.66. The summed E-state index contributed by atoms with van der Waals surface area (Å²) < 4.78 is 16.4. The molecule has 1 aliphatic heterocycles. The molecular formula is C15H18N2O4. The maximum atomic E-state index is 11.8. The van der Waals surface area contributed by atoms with Crippen molar-refractivity contribution in [2.75, 3.05) is 19.9 Å². The molecule has 0 aromatic heterocycles. The maximum Gasteiger partial charge on any atom is 0.261 e. The van der Waals surface area contributed by atoms with E-state index in [4.69, 9.17) is 26.4 Å². The third-order valence-electron chi connectivity index (χ3n) is 3.01. The number of carbonyl (C=O) groups is 1. The molecule has 1 atom stereocenters. The lowest BCUT2D eigenvalue weighted by Crippen LogP contribution is -2.36. The zero-order valence-electron chi connectivity index (χ0n) is 11.8. The van der Waals surface area contributed by atoms with E-state index >= 15 is 0 Å². The molecule has 0 spiro atoms. The van der Waals surface area contributed by atoms with Crippen molar-refractivity contribution in [2.45, 2.75) is 19.4 Å². The molecule has 1 heterocycles. The van der Waals surface area contributed by atoms with Crippen LogP contribution in [0, 0.1) is 12.3 Å². The highest BCUT2D eigenvalue weighted by atomic mass is 16.7. The van der Waals surface area contributed by atoms with Crippen LogP contribution in [-0.4, -0.2) is 31.9 Å². The van der Waals surface area contributed by atoms with Crippen LogP contribution in [0.3, 0.4) is 0 Å². The van der Waals surface area contributed by atoms with Crippen LogP contribution >= 0.6 is 0 Å². The van der Waals surface area contributed by atoms with Crippen LogP contribution in [0.15, 0.2) is 12.1 Å². The van der Waals surface area contributed by atoms with Gasteiger partial charge in [0.2, 0.25) is 6.79 Å². The molecule has 0 bridgehead atoms. The fourth-order valence-corrected chi connectivity index (χ4v) is 1.95. The van der Waals surface area contributed by atoms with Crippen molar-refractivity contribution >= 4 is 5.91 Å². The van der Waals surface area contributed by atoms with Crippen LogP contribution in [0.25, 0.3) is 0 Å². The number of ether oxygens (including phenoxy) is 3. The summed E-state index contributed by atoms with van der Waals surface area (Å²) in [5.74, 6) is 3.89. The monoisotopic (exact) mass is 290 g/mol. The number of nitrogens with two attached hydrogens (primary N) is 1. The fraction of sp³-hybridized carbons (Fsp3) is 0.400. The first-order chi connectivity index (χ1) is 10.2. The summed E-state index contributed by atoms with van der Waals surface area (Å²) >= 11 is 0. The van der Waals surface area contributed by atoms with Crippen molar-refractivity contribution in [3.05, 3.63) is 17.7 Å². The van der Waals surface area contributed by atoms with Gasteiger partial charge in [0, 0.05) is 6.07 Å². The fourth-order valence-electron chi connectivity index (χ4n) is 1.95. The van der Waals surface area contributed by atoms with Crippen LogP contribution < -0.4 is 25.3 Å². The van der Waals surface area contributed by atoms with E-state index in [1.54, 1.807) is 13.0 Å². The molecule has 1 aromatic carbocycles. The number of hydrogen-bond donors (Lipinski definition) is 2. The van der Waals surface area contributed by atoms with Gasteiger partial charge in [-0.2, -0.15) is 0 Å². The van der Waals surface area contributed by atoms with Crippen molar-refractivity contribution < 1.29 is 19.0 Å². The summed E-state index contributed by atoms with van der Waals surface area (Å²) in [4.78, 5) is 11.8. The van der Waals surface area contributed by atoms with E-state index in [1.165, 1.54) is 0 Å². The van der Waals surface area contributed by atoms with Gasteiger partial charge in [-0.15, -0.1) is 6.42 Å². The van der Waals surface area contributed by atoms with E-state index in [0.29, 0.717) is 30.2 Å². The highest BCUT2D eigenvalue weighted by Gasteiger charge is 2.21. The van der Waals surface area contributed by atoms with Crippen molar-refractivity contribution in [3.63, 3.8) is 0 Å². The predicted octanol–water partition coefficient (Wildman–Crippen LogP) is 0.433. The smallest absolute Gasteiger partial charge is 0.261 e. The lowest BCUT2D eigenvalue weighted by atomic mass is 10.1. The summed E-state index contributed by atoms with van der Waals surface area (Å²) in [6, 6.07) is 3.55. The topological polar surface area (TPSA) is 82.8 Å². The van der Waals surface area contributed by atoms with E-state index in [9.17, 15) is 4.79 Å². The van der Waals surface area contributed by atoms with Gasteiger partial charge in [0.05, 0.1) is 6.54 Å². The van der Waals surface area contributed by atoms with E-state index in [2.05, 4.69) is 11.2 Å². The molecular weight excluding hydrogens is 272 g/mol. The Morgan fingerprint density at radius 3 is 2.90 bits per heavy atom. The first-order valence-corrected chi connectivity index (χ1v) is 6.66. The SMILES string of the molecule is C#CCNC(=O)C(C)Oc1cc2c(cc1CCN)OCO2. The molecule has 21 heavy (non-hydrogen) atoms. The Balaban J connectivity index is 2.14. The van der Waals surface area contributed by atoms with Gasteiger partial charge in [0.15, 0.2) is 17.6 Å². The van der Waals surface area contributed by atoms with Gasteiger partial charge in [-0.1, -0.05) is 5.92 Å². The molecule has 6 nitrogen and oxygen atoms in total. The number of rotatable bonds is 6. The second-order valence-electron chi connectivity index (χ2n) is 4.53. The quantitative estimate of drug-likeness (QED) is 0.743. The third-order valence-corrected chi connectivity index (χ3v) is 3.01. The maximum absolute atomic E-state index is 11.8. The molecule has 112 valence electrons. The van der Waals surface area contributed by atoms with Gasteiger partial charge in [0.1, 0.15) is 5.75 Å². The average molecular weight is 290 g/mol. The molecule has 2 rings (SSSR count). The molecule has 0 saturated heterocycles. The molecule has 1 amide bonds.